The van der Waals surface area contributed by atoms with Crippen molar-refractivity contribution in [3.05, 3.63) is 29.8 Å². The fourth-order valence-electron chi connectivity index (χ4n) is 2.11. The van der Waals surface area contributed by atoms with Crippen LogP contribution in [0.4, 0.5) is 0 Å². The molecule has 1 saturated heterocycles. The molecule has 1 aliphatic rings. The summed E-state index contributed by atoms with van der Waals surface area (Å²) in [5.41, 5.74) is 0.886. The van der Waals surface area contributed by atoms with Gasteiger partial charge in [0.25, 0.3) is 0 Å². The van der Waals surface area contributed by atoms with Crippen LogP contribution in [0.5, 0.6) is 5.75 Å². The lowest BCUT2D eigenvalue weighted by molar-refractivity contribution is -0.119. The topological polar surface area (TPSA) is 61.4 Å². The van der Waals surface area contributed by atoms with Crippen molar-refractivity contribution in [2.75, 3.05) is 6.54 Å². The zero-order chi connectivity index (χ0) is 12.3. The van der Waals surface area contributed by atoms with Gasteiger partial charge in [0.15, 0.2) is 0 Å². The molecule has 4 heteroatoms. The van der Waals surface area contributed by atoms with Gasteiger partial charge in [0, 0.05) is 30.6 Å². The zero-order valence-electron chi connectivity index (χ0n) is 9.94. The van der Waals surface area contributed by atoms with Gasteiger partial charge in [-0.3, -0.25) is 4.79 Å². The van der Waals surface area contributed by atoms with Gasteiger partial charge in [0.1, 0.15) is 5.75 Å². The Labute approximate surface area is 101 Å². The van der Waals surface area contributed by atoms with E-state index in [1.54, 1.807) is 6.07 Å². The van der Waals surface area contributed by atoms with E-state index in [1.165, 1.54) is 0 Å². The molecule has 1 aromatic carbocycles. The van der Waals surface area contributed by atoms with Crippen LogP contribution >= 0.6 is 0 Å². The summed E-state index contributed by atoms with van der Waals surface area (Å²) in [6, 6.07) is 7.60. The summed E-state index contributed by atoms with van der Waals surface area (Å²) in [5, 5.41) is 15.9. The Morgan fingerprint density at radius 3 is 2.94 bits per heavy atom. The lowest BCUT2D eigenvalue weighted by Gasteiger charge is -2.18. The van der Waals surface area contributed by atoms with Gasteiger partial charge in [-0.05, 0) is 19.4 Å². The lowest BCUT2D eigenvalue weighted by atomic mass is 10.1. The third-order valence-corrected chi connectivity index (χ3v) is 3.16. The molecular formula is C13H18N2O2. The van der Waals surface area contributed by atoms with Crippen LogP contribution in [0.2, 0.25) is 0 Å². The molecule has 2 atom stereocenters. The van der Waals surface area contributed by atoms with E-state index in [1.807, 2.05) is 25.1 Å². The second-order valence-corrected chi connectivity index (χ2v) is 4.49. The third kappa shape index (κ3) is 2.97. The predicted molar refractivity (Wildman–Crippen MR) is 65.7 cm³/mol. The minimum atomic E-state index is 0.0775. The highest BCUT2D eigenvalue weighted by Gasteiger charge is 2.21. The summed E-state index contributed by atoms with van der Waals surface area (Å²) in [7, 11) is 0. The van der Waals surface area contributed by atoms with E-state index in [2.05, 4.69) is 10.6 Å². The molecule has 1 heterocycles. The Hall–Kier alpha value is -1.55. The fraction of sp³-hybridized carbons (Fsp3) is 0.462. The number of amides is 1. The molecule has 1 amide bonds. The second-order valence-electron chi connectivity index (χ2n) is 4.49. The Morgan fingerprint density at radius 1 is 1.53 bits per heavy atom. The maximum atomic E-state index is 11.0. The Kier molecular flexibility index (Phi) is 3.64. The van der Waals surface area contributed by atoms with Crippen LogP contribution in [0.25, 0.3) is 0 Å². The molecule has 0 spiro atoms. The number of nitrogens with one attached hydrogen (secondary N) is 2. The first-order valence-electron chi connectivity index (χ1n) is 5.97. The predicted octanol–water partition coefficient (Wildman–Crippen LogP) is 1.32. The number of carbonyl (C=O) groups is 1. The normalized spacial score (nSPS) is 21.2. The number of hydrogen-bond acceptors (Lipinski definition) is 3. The average molecular weight is 234 g/mol. The summed E-state index contributed by atoms with van der Waals surface area (Å²) < 4.78 is 0. The number of phenols is 1. The van der Waals surface area contributed by atoms with E-state index in [-0.39, 0.29) is 18.0 Å². The highest BCUT2D eigenvalue weighted by Crippen LogP contribution is 2.23. The third-order valence-electron chi connectivity index (χ3n) is 3.16. The van der Waals surface area contributed by atoms with Gasteiger partial charge in [0.05, 0.1) is 0 Å². The first-order valence-corrected chi connectivity index (χ1v) is 5.97. The number of phenolic OH excluding ortho intramolecular Hbond substituents is 1. The van der Waals surface area contributed by atoms with Crippen LogP contribution in [-0.2, 0) is 4.79 Å². The summed E-state index contributed by atoms with van der Waals surface area (Å²) in [5.74, 6) is 0.440. The maximum absolute atomic E-state index is 11.0. The van der Waals surface area contributed by atoms with E-state index in [0.29, 0.717) is 12.2 Å². The molecule has 1 fully saturated rings. The van der Waals surface area contributed by atoms with E-state index in [9.17, 15) is 9.90 Å². The first kappa shape index (κ1) is 11.9. The van der Waals surface area contributed by atoms with Crippen LogP contribution in [-0.4, -0.2) is 23.6 Å². The van der Waals surface area contributed by atoms with Gasteiger partial charge in [-0.2, -0.15) is 0 Å². The Morgan fingerprint density at radius 2 is 2.29 bits per heavy atom. The van der Waals surface area contributed by atoms with Crippen molar-refractivity contribution in [1.29, 1.82) is 0 Å². The van der Waals surface area contributed by atoms with Crippen molar-refractivity contribution in [1.82, 2.24) is 10.6 Å². The summed E-state index contributed by atoms with van der Waals surface area (Å²) in [4.78, 5) is 11.0. The molecule has 1 aliphatic heterocycles. The molecule has 3 N–H and O–H groups in total. The molecular weight excluding hydrogens is 216 g/mol. The average Bonchev–Trinajstić information content (AvgIpc) is 2.73. The van der Waals surface area contributed by atoms with Crippen LogP contribution in [0, 0.1) is 0 Å². The molecule has 4 nitrogen and oxygen atoms in total. The number of carbonyl (C=O) groups excluding carboxylic acids is 1. The Balaban J connectivity index is 1.87. The van der Waals surface area contributed by atoms with Gasteiger partial charge in [0.2, 0.25) is 5.91 Å². The van der Waals surface area contributed by atoms with Gasteiger partial charge in [-0.15, -0.1) is 0 Å². The SMILES string of the molecule is CC(NCC1CCC(=O)N1)c1ccccc1O. The van der Waals surface area contributed by atoms with Crippen LogP contribution in [0.15, 0.2) is 24.3 Å². The molecule has 1 aromatic rings. The van der Waals surface area contributed by atoms with E-state index in [0.717, 1.165) is 18.5 Å². The van der Waals surface area contributed by atoms with Crippen LogP contribution in [0.1, 0.15) is 31.4 Å². The quantitative estimate of drug-likeness (QED) is 0.736. The maximum Gasteiger partial charge on any atom is 0.220 e. The van der Waals surface area contributed by atoms with Crippen molar-refractivity contribution >= 4 is 5.91 Å². The molecule has 2 unspecified atom stereocenters. The number of rotatable bonds is 4. The first-order chi connectivity index (χ1) is 8.16. The smallest absolute Gasteiger partial charge is 0.220 e. The summed E-state index contributed by atoms with van der Waals surface area (Å²) in [6.45, 7) is 2.74. The number of hydrogen-bond donors (Lipinski definition) is 3. The van der Waals surface area contributed by atoms with Crippen molar-refractivity contribution in [3.8, 4) is 5.75 Å². The van der Waals surface area contributed by atoms with Crippen molar-refractivity contribution in [3.63, 3.8) is 0 Å². The molecule has 92 valence electrons. The highest BCUT2D eigenvalue weighted by molar-refractivity contribution is 5.78. The second kappa shape index (κ2) is 5.19. The Bertz CT molecular complexity index is 406. The van der Waals surface area contributed by atoms with Gasteiger partial charge in [-0.25, -0.2) is 0 Å². The van der Waals surface area contributed by atoms with Crippen LogP contribution < -0.4 is 10.6 Å². The molecule has 0 bridgehead atoms. The monoisotopic (exact) mass is 234 g/mol. The van der Waals surface area contributed by atoms with E-state index >= 15 is 0 Å². The fourth-order valence-corrected chi connectivity index (χ4v) is 2.11. The lowest BCUT2D eigenvalue weighted by Crippen LogP contribution is -2.36. The summed E-state index contributed by atoms with van der Waals surface area (Å²) in [6.07, 6.45) is 1.51. The molecule has 0 radical (unpaired) electrons. The van der Waals surface area contributed by atoms with E-state index < -0.39 is 0 Å². The minimum absolute atomic E-state index is 0.0775. The van der Waals surface area contributed by atoms with E-state index in [4.69, 9.17) is 0 Å². The molecule has 0 aromatic heterocycles. The summed E-state index contributed by atoms with van der Waals surface area (Å²) >= 11 is 0. The number of para-hydroxylation sites is 1. The minimum Gasteiger partial charge on any atom is -0.508 e. The number of aromatic hydroxyl groups is 1. The number of benzene rings is 1. The van der Waals surface area contributed by atoms with Gasteiger partial charge >= 0.3 is 0 Å². The molecule has 0 saturated carbocycles. The van der Waals surface area contributed by atoms with Gasteiger partial charge < -0.3 is 15.7 Å². The van der Waals surface area contributed by atoms with Crippen molar-refractivity contribution in [2.45, 2.75) is 31.8 Å². The molecule has 2 rings (SSSR count). The van der Waals surface area contributed by atoms with Crippen molar-refractivity contribution in [2.24, 2.45) is 0 Å². The molecule has 17 heavy (non-hydrogen) atoms. The molecule has 0 aliphatic carbocycles. The van der Waals surface area contributed by atoms with Crippen molar-refractivity contribution < 1.29 is 9.90 Å². The van der Waals surface area contributed by atoms with Gasteiger partial charge in [-0.1, -0.05) is 18.2 Å². The van der Waals surface area contributed by atoms with Crippen LogP contribution in [0.3, 0.4) is 0 Å². The zero-order valence-corrected chi connectivity index (χ0v) is 9.94. The standard InChI is InChI=1S/C13H18N2O2/c1-9(11-4-2-3-5-12(11)16)14-8-10-6-7-13(17)15-10/h2-5,9-10,14,16H,6-8H2,1H3,(H,15,17). The highest BCUT2D eigenvalue weighted by atomic mass is 16.3. The largest absolute Gasteiger partial charge is 0.508 e.